The number of hydrogen-bond donors (Lipinski definition) is 1. The van der Waals surface area contributed by atoms with Crippen LogP contribution in [-0.4, -0.2) is 34.8 Å². The highest BCUT2D eigenvalue weighted by molar-refractivity contribution is 5.89. The number of benzene rings is 1. The number of aryl methyl sites for hydroxylation is 1. The molecule has 4 nitrogen and oxygen atoms in total. The van der Waals surface area contributed by atoms with Crippen LogP contribution in [0.3, 0.4) is 0 Å². The third-order valence-electron chi connectivity index (χ3n) is 4.13. The minimum Gasteiger partial charge on any atom is -0.396 e. The van der Waals surface area contributed by atoms with Crippen LogP contribution in [0, 0.1) is 12.8 Å². The summed E-state index contributed by atoms with van der Waals surface area (Å²) < 4.78 is 0. The van der Waals surface area contributed by atoms with Gasteiger partial charge in [0.05, 0.1) is 5.52 Å². The largest absolute Gasteiger partial charge is 0.396 e. The van der Waals surface area contributed by atoms with Crippen molar-refractivity contribution < 1.29 is 5.11 Å². The molecule has 2 aromatic rings. The van der Waals surface area contributed by atoms with E-state index in [4.69, 9.17) is 5.11 Å². The first kappa shape index (κ1) is 13.3. The van der Waals surface area contributed by atoms with E-state index in [1.165, 1.54) is 18.4 Å². The summed E-state index contributed by atoms with van der Waals surface area (Å²) >= 11 is 0. The maximum Gasteiger partial charge on any atom is 0.139 e. The lowest BCUT2D eigenvalue weighted by Crippen LogP contribution is -2.36. The zero-order chi connectivity index (χ0) is 13.9. The van der Waals surface area contributed by atoms with Gasteiger partial charge in [0, 0.05) is 25.1 Å². The molecule has 1 N–H and O–H groups in total. The molecule has 0 aliphatic carbocycles. The average molecular weight is 271 g/mol. The second-order valence-corrected chi connectivity index (χ2v) is 5.68. The molecule has 106 valence electrons. The Hall–Kier alpha value is -1.68. The van der Waals surface area contributed by atoms with E-state index in [-0.39, 0.29) is 6.61 Å². The van der Waals surface area contributed by atoms with Crippen LogP contribution in [-0.2, 0) is 0 Å². The fourth-order valence-electron chi connectivity index (χ4n) is 3.08. The molecule has 0 amide bonds. The highest BCUT2D eigenvalue weighted by atomic mass is 16.3. The molecular formula is C16H21N3O. The molecule has 1 aromatic heterocycles. The van der Waals surface area contributed by atoms with E-state index in [9.17, 15) is 0 Å². The second kappa shape index (κ2) is 5.75. The number of aliphatic hydroxyl groups is 1. The van der Waals surface area contributed by atoms with Crippen LogP contribution in [0.5, 0.6) is 0 Å². The summed E-state index contributed by atoms with van der Waals surface area (Å²) in [5.74, 6) is 1.62. The lowest BCUT2D eigenvalue weighted by atomic mass is 9.95. The zero-order valence-electron chi connectivity index (χ0n) is 11.9. The number of rotatable bonds is 3. The Morgan fingerprint density at radius 3 is 3.10 bits per heavy atom. The Balaban J connectivity index is 1.94. The van der Waals surface area contributed by atoms with Gasteiger partial charge in [0.2, 0.25) is 0 Å². The van der Waals surface area contributed by atoms with Gasteiger partial charge in [-0.05, 0) is 44.2 Å². The van der Waals surface area contributed by atoms with Crippen LogP contribution in [0.15, 0.2) is 24.5 Å². The maximum atomic E-state index is 9.14. The number of aromatic nitrogens is 2. The van der Waals surface area contributed by atoms with Crippen molar-refractivity contribution in [3.8, 4) is 0 Å². The zero-order valence-corrected chi connectivity index (χ0v) is 11.9. The molecular weight excluding hydrogens is 250 g/mol. The van der Waals surface area contributed by atoms with Crippen LogP contribution in [0.25, 0.3) is 10.9 Å². The molecule has 0 radical (unpaired) electrons. The summed E-state index contributed by atoms with van der Waals surface area (Å²) in [5.41, 5.74) is 2.24. The van der Waals surface area contributed by atoms with Crippen molar-refractivity contribution in [2.45, 2.75) is 26.2 Å². The summed E-state index contributed by atoms with van der Waals surface area (Å²) in [6.45, 7) is 4.41. The lowest BCUT2D eigenvalue weighted by molar-refractivity contribution is 0.244. The summed E-state index contributed by atoms with van der Waals surface area (Å²) in [5, 5.41) is 10.3. The minimum atomic E-state index is 0.280. The van der Waals surface area contributed by atoms with Crippen LogP contribution in [0.2, 0.25) is 0 Å². The smallest absolute Gasteiger partial charge is 0.139 e. The highest BCUT2D eigenvalue weighted by Crippen LogP contribution is 2.28. The van der Waals surface area contributed by atoms with Gasteiger partial charge in [-0.25, -0.2) is 9.97 Å². The van der Waals surface area contributed by atoms with Gasteiger partial charge in [0.1, 0.15) is 12.1 Å². The van der Waals surface area contributed by atoms with E-state index in [1.54, 1.807) is 6.33 Å². The third-order valence-corrected chi connectivity index (χ3v) is 4.13. The van der Waals surface area contributed by atoms with Crippen LogP contribution in [0.1, 0.15) is 24.8 Å². The van der Waals surface area contributed by atoms with Crippen molar-refractivity contribution in [1.29, 1.82) is 0 Å². The quantitative estimate of drug-likeness (QED) is 0.932. The number of fused-ring (bicyclic) bond motifs is 1. The molecule has 0 spiro atoms. The first-order valence-corrected chi connectivity index (χ1v) is 7.35. The number of nitrogens with zero attached hydrogens (tertiary/aromatic N) is 3. The van der Waals surface area contributed by atoms with E-state index in [0.29, 0.717) is 5.92 Å². The Kier molecular flexibility index (Phi) is 3.83. The van der Waals surface area contributed by atoms with Crippen molar-refractivity contribution in [2.24, 2.45) is 5.92 Å². The van der Waals surface area contributed by atoms with Gasteiger partial charge in [-0.1, -0.05) is 11.6 Å². The van der Waals surface area contributed by atoms with E-state index in [0.717, 1.165) is 36.2 Å². The number of aliphatic hydroxyl groups excluding tert-OH is 1. The Morgan fingerprint density at radius 1 is 1.35 bits per heavy atom. The molecule has 4 heteroatoms. The van der Waals surface area contributed by atoms with Gasteiger partial charge in [0.25, 0.3) is 0 Å². The molecule has 1 aliphatic heterocycles. The highest BCUT2D eigenvalue weighted by Gasteiger charge is 2.22. The first-order chi connectivity index (χ1) is 9.78. The second-order valence-electron chi connectivity index (χ2n) is 5.68. The summed E-state index contributed by atoms with van der Waals surface area (Å²) in [7, 11) is 0. The average Bonchev–Trinajstić information content (AvgIpc) is 2.47. The predicted molar refractivity (Wildman–Crippen MR) is 80.9 cm³/mol. The number of hydrogen-bond acceptors (Lipinski definition) is 4. The van der Waals surface area contributed by atoms with Crippen molar-refractivity contribution in [3.63, 3.8) is 0 Å². The monoisotopic (exact) mass is 271 g/mol. The van der Waals surface area contributed by atoms with E-state index >= 15 is 0 Å². The fraction of sp³-hybridized carbons (Fsp3) is 0.500. The Labute approximate surface area is 119 Å². The molecule has 2 heterocycles. The van der Waals surface area contributed by atoms with Crippen LogP contribution < -0.4 is 4.90 Å². The molecule has 1 aromatic carbocycles. The molecule has 1 unspecified atom stereocenters. The van der Waals surface area contributed by atoms with Crippen LogP contribution in [0.4, 0.5) is 5.82 Å². The molecule has 1 atom stereocenters. The first-order valence-electron chi connectivity index (χ1n) is 7.35. The lowest BCUT2D eigenvalue weighted by Gasteiger charge is -2.33. The van der Waals surface area contributed by atoms with Gasteiger partial charge in [-0.15, -0.1) is 0 Å². The molecule has 20 heavy (non-hydrogen) atoms. The molecule has 1 fully saturated rings. The molecule has 1 aliphatic rings. The van der Waals surface area contributed by atoms with Crippen molar-refractivity contribution in [1.82, 2.24) is 9.97 Å². The number of anilines is 1. The Morgan fingerprint density at radius 2 is 2.25 bits per heavy atom. The van der Waals surface area contributed by atoms with Crippen molar-refractivity contribution in [3.05, 3.63) is 30.1 Å². The van der Waals surface area contributed by atoms with Gasteiger partial charge in [0.15, 0.2) is 0 Å². The fourth-order valence-corrected chi connectivity index (χ4v) is 3.08. The van der Waals surface area contributed by atoms with Crippen LogP contribution >= 0.6 is 0 Å². The van der Waals surface area contributed by atoms with Gasteiger partial charge >= 0.3 is 0 Å². The van der Waals surface area contributed by atoms with Gasteiger partial charge < -0.3 is 10.0 Å². The molecule has 0 saturated carbocycles. The van der Waals surface area contributed by atoms with Gasteiger partial charge in [-0.3, -0.25) is 0 Å². The van der Waals surface area contributed by atoms with E-state index in [1.807, 2.05) is 0 Å². The molecule has 3 rings (SSSR count). The summed E-state index contributed by atoms with van der Waals surface area (Å²) in [4.78, 5) is 11.2. The maximum absolute atomic E-state index is 9.14. The predicted octanol–water partition coefficient (Wildman–Crippen LogP) is 2.54. The van der Waals surface area contributed by atoms with Gasteiger partial charge in [-0.2, -0.15) is 0 Å². The summed E-state index contributed by atoms with van der Waals surface area (Å²) in [6.07, 6.45) is 4.92. The molecule has 0 bridgehead atoms. The Bertz CT molecular complexity index is 597. The summed E-state index contributed by atoms with van der Waals surface area (Å²) in [6, 6.07) is 6.31. The number of piperidine rings is 1. The normalized spacial score (nSPS) is 19.5. The minimum absolute atomic E-state index is 0.280. The van der Waals surface area contributed by atoms with E-state index in [2.05, 4.69) is 40.0 Å². The van der Waals surface area contributed by atoms with E-state index < -0.39 is 0 Å². The molecule has 1 saturated heterocycles. The van der Waals surface area contributed by atoms with Crippen molar-refractivity contribution in [2.75, 3.05) is 24.6 Å². The SMILES string of the molecule is Cc1ccc2ncnc(N3CCCC(CCO)C3)c2c1. The third kappa shape index (κ3) is 2.61. The standard InChI is InChI=1S/C16H21N3O/c1-12-4-5-15-14(9-12)16(18-11-17-15)19-7-2-3-13(10-19)6-8-20/h4-5,9,11,13,20H,2-3,6-8,10H2,1H3. The van der Waals surface area contributed by atoms with Crippen molar-refractivity contribution >= 4 is 16.7 Å². The topological polar surface area (TPSA) is 49.2 Å².